The van der Waals surface area contributed by atoms with Gasteiger partial charge in [-0.05, 0) is 50.9 Å². The van der Waals surface area contributed by atoms with Gasteiger partial charge < -0.3 is 9.15 Å². The van der Waals surface area contributed by atoms with Gasteiger partial charge in [0.15, 0.2) is 0 Å². The van der Waals surface area contributed by atoms with Crippen LogP contribution in [0.15, 0.2) is 28.7 Å². The standard InChI is InChI=1S/C20H25F3N2O2/c1-14-18(13-25-10-4-3-8-17(25)9-11-26-2)24-19(27-14)15-6-5-7-16(12-15)20(21,22)23/h5-7,12,17H,3-4,8-11,13H2,1-2H3. The van der Waals surface area contributed by atoms with E-state index in [1.165, 1.54) is 12.5 Å². The number of aryl methyl sites for hydroxylation is 1. The Labute approximate surface area is 157 Å². The maximum Gasteiger partial charge on any atom is 0.416 e. The van der Waals surface area contributed by atoms with Crippen LogP contribution in [0.2, 0.25) is 0 Å². The number of hydrogen-bond donors (Lipinski definition) is 0. The highest BCUT2D eigenvalue weighted by Gasteiger charge is 2.31. The van der Waals surface area contributed by atoms with Crippen molar-refractivity contribution in [1.29, 1.82) is 0 Å². The van der Waals surface area contributed by atoms with Crippen LogP contribution in [-0.4, -0.2) is 36.2 Å². The number of rotatable bonds is 6. The van der Waals surface area contributed by atoms with Crippen LogP contribution in [0.4, 0.5) is 13.2 Å². The molecular weight excluding hydrogens is 357 g/mol. The molecule has 1 aliphatic rings. The molecule has 2 aromatic rings. The van der Waals surface area contributed by atoms with E-state index in [2.05, 4.69) is 9.88 Å². The highest BCUT2D eigenvalue weighted by atomic mass is 19.4. The quantitative estimate of drug-likeness (QED) is 0.700. The number of halogens is 3. The molecule has 0 spiro atoms. The van der Waals surface area contributed by atoms with Crippen LogP contribution in [0.25, 0.3) is 11.5 Å². The molecule has 1 aromatic heterocycles. The molecule has 1 aromatic carbocycles. The number of piperidine rings is 1. The summed E-state index contributed by atoms with van der Waals surface area (Å²) in [6, 6.07) is 5.54. The summed E-state index contributed by atoms with van der Waals surface area (Å²) in [4.78, 5) is 6.88. The lowest BCUT2D eigenvalue weighted by Gasteiger charge is -2.35. The number of ether oxygens (including phenoxy) is 1. The molecular formula is C20H25F3N2O2. The van der Waals surface area contributed by atoms with E-state index in [1.807, 2.05) is 6.92 Å². The zero-order valence-corrected chi connectivity index (χ0v) is 15.7. The van der Waals surface area contributed by atoms with Crippen molar-refractivity contribution >= 4 is 0 Å². The fourth-order valence-electron chi connectivity index (χ4n) is 3.57. The minimum atomic E-state index is -4.39. The molecule has 1 aliphatic heterocycles. The molecule has 3 rings (SSSR count). The minimum absolute atomic E-state index is 0.235. The lowest BCUT2D eigenvalue weighted by Crippen LogP contribution is -2.39. The SMILES string of the molecule is COCCC1CCCCN1Cc1nc(-c2cccc(C(F)(F)F)c2)oc1C. The highest BCUT2D eigenvalue weighted by Crippen LogP contribution is 2.33. The van der Waals surface area contributed by atoms with Crippen molar-refractivity contribution in [3.63, 3.8) is 0 Å². The summed E-state index contributed by atoms with van der Waals surface area (Å²) < 4.78 is 49.8. The second kappa shape index (κ2) is 8.44. The van der Waals surface area contributed by atoms with Crippen molar-refractivity contribution < 1.29 is 22.3 Å². The van der Waals surface area contributed by atoms with E-state index in [4.69, 9.17) is 9.15 Å². The van der Waals surface area contributed by atoms with Gasteiger partial charge in [-0.3, -0.25) is 4.90 Å². The first-order valence-corrected chi connectivity index (χ1v) is 9.25. The average Bonchev–Trinajstić information content (AvgIpc) is 3.01. The zero-order chi connectivity index (χ0) is 19.4. The molecule has 148 valence electrons. The normalized spacial score (nSPS) is 18.8. The van der Waals surface area contributed by atoms with Crippen molar-refractivity contribution in [3.8, 4) is 11.5 Å². The Morgan fingerprint density at radius 1 is 1.30 bits per heavy atom. The van der Waals surface area contributed by atoms with E-state index >= 15 is 0 Å². The topological polar surface area (TPSA) is 38.5 Å². The van der Waals surface area contributed by atoms with Crippen molar-refractivity contribution in [2.45, 2.75) is 51.4 Å². The molecule has 0 aliphatic carbocycles. The van der Waals surface area contributed by atoms with Gasteiger partial charge in [0.2, 0.25) is 5.89 Å². The predicted octanol–water partition coefficient (Wildman–Crippen LogP) is 5.06. The predicted molar refractivity (Wildman–Crippen MR) is 96.2 cm³/mol. The zero-order valence-electron chi connectivity index (χ0n) is 15.7. The Morgan fingerprint density at radius 2 is 2.11 bits per heavy atom. The molecule has 0 N–H and O–H groups in total. The molecule has 0 saturated carbocycles. The average molecular weight is 382 g/mol. The van der Waals surface area contributed by atoms with Crippen molar-refractivity contribution in [2.75, 3.05) is 20.3 Å². The second-order valence-electron chi connectivity index (χ2n) is 7.00. The number of benzene rings is 1. The molecule has 1 atom stereocenters. The van der Waals surface area contributed by atoms with Crippen LogP contribution in [0.3, 0.4) is 0 Å². The Hall–Kier alpha value is -1.86. The van der Waals surface area contributed by atoms with Gasteiger partial charge in [0.25, 0.3) is 0 Å². The van der Waals surface area contributed by atoms with Crippen LogP contribution >= 0.6 is 0 Å². The van der Waals surface area contributed by atoms with Crippen LogP contribution < -0.4 is 0 Å². The maximum atomic E-state index is 13.0. The first-order chi connectivity index (χ1) is 12.9. The van der Waals surface area contributed by atoms with Gasteiger partial charge in [-0.2, -0.15) is 13.2 Å². The van der Waals surface area contributed by atoms with Gasteiger partial charge >= 0.3 is 6.18 Å². The number of likely N-dealkylation sites (tertiary alicyclic amines) is 1. The number of alkyl halides is 3. The van der Waals surface area contributed by atoms with E-state index in [-0.39, 0.29) is 5.89 Å². The smallest absolute Gasteiger partial charge is 0.416 e. The van der Waals surface area contributed by atoms with E-state index in [1.54, 1.807) is 13.2 Å². The molecule has 27 heavy (non-hydrogen) atoms. The summed E-state index contributed by atoms with van der Waals surface area (Å²) >= 11 is 0. The summed E-state index contributed by atoms with van der Waals surface area (Å²) in [5.41, 5.74) is 0.425. The fraction of sp³-hybridized carbons (Fsp3) is 0.550. The number of nitrogens with zero attached hydrogens (tertiary/aromatic N) is 2. The van der Waals surface area contributed by atoms with E-state index in [9.17, 15) is 13.2 Å². The molecule has 2 heterocycles. The van der Waals surface area contributed by atoms with Gasteiger partial charge in [0.1, 0.15) is 5.76 Å². The van der Waals surface area contributed by atoms with Crippen LogP contribution in [0.1, 0.15) is 42.7 Å². The minimum Gasteiger partial charge on any atom is -0.441 e. The van der Waals surface area contributed by atoms with Gasteiger partial charge in [-0.1, -0.05) is 12.5 Å². The molecule has 0 bridgehead atoms. The number of oxazole rings is 1. The highest BCUT2D eigenvalue weighted by molar-refractivity contribution is 5.55. The molecule has 1 fully saturated rings. The van der Waals surface area contributed by atoms with Gasteiger partial charge in [0.05, 0.1) is 11.3 Å². The number of methoxy groups -OCH3 is 1. The largest absolute Gasteiger partial charge is 0.441 e. The third kappa shape index (κ3) is 4.90. The third-order valence-electron chi connectivity index (χ3n) is 5.09. The van der Waals surface area contributed by atoms with Crippen molar-refractivity contribution in [2.24, 2.45) is 0 Å². The van der Waals surface area contributed by atoms with E-state index < -0.39 is 11.7 Å². The molecule has 1 unspecified atom stereocenters. The van der Waals surface area contributed by atoms with Gasteiger partial charge in [-0.25, -0.2) is 4.98 Å². The Balaban J connectivity index is 1.78. The molecule has 0 radical (unpaired) electrons. The molecule has 4 nitrogen and oxygen atoms in total. The third-order valence-corrected chi connectivity index (χ3v) is 5.09. The Morgan fingerprint density at radius 3 is 2.85 bits per heavy atom. The molecule has 1 saturated heterocycles. The number of aromatic nitrogens is 1. The van der Waals surface area contributed by atoms with Crippen LogP contribution in [0.5, 0.6) is 0 Å². The Bertz CT molecular complexity index is 758. The van der Waals surface area contributed by atoms with E-state index in [0.29, 0.717) is 30.5 Å². The first kappa shape index (κ1) is 19.9. The second-order valence-corrected chi connectivity index (χ2v) is 7.00. The van der Waals surface area contributed by atoms with Crippen molar-refractivity contribution in [3.05, 3.63) is 41.3 Å². The maximum absolute atomic E-state index is 13.0. The summed E-state index contributed by atoms with van der Waals surface area (Å²) in [6.07, 6.45) is 0.0521. The van der Waals surface area contributed by atoms with Gasteiger partial charge in [0, 0.05) is 31.9 Å². The van der Waals surface area contributed by atoms with Gasteiger partial charge in [-0.15, -0.1) is 0 Å². The monoisotopic (exact) mass is 382 g/mol. The molecule has 0 amide bonds. The lowest BCUT2D eigenvalue weighted by molar-refractivity contribution is -0.137. The fourth-order valence-corrected chi connectivity index (χ4v) is 3.57. The summed E-state index contributed by atoms with van der Waals surface area (Å²) in [6.45, 7) is 4.16. The van der Waals surface area contributed by atoms with Crippen LogP contribution in [0, 0.1) is 6.92 Å². The first-order valence-electron chi connectivity index (χ1n) is 9.25. The number of hydrogen-bond acceptors (Lipinski definition) is 4. The molecule has 7 heteroatoms. The summed E-state index contributed by atoms with van der Waals surface area (Å²) in [5.74, 6) is 0.887. The summed E-state index contributed by atoms with van der Waals surface area (Å²) in [7, 11) is 1.70. The van der Waals surface area contributed by atoms with Crippen molar-refractivity contribution in [1.82, 2.24) is 9.88 Å². The summed E-state index contributed by atoms with van der Waals surface area (Å²) in [5, 5.41) is 0. The van der Waals surface area contributed by atoms with E-state index in [0.717, 1.165) is 43.6 Å². The van der Waals surface area contributed by atoms with Crippen LogP contribution in [-0.2, 0) is 17.5 Å². The lowest BCUT2D eigenvalue weighted by atomic mass is 9.99. The Kier molecular flexibility index (Phi) is 6.22.